The maximum Gasteiger partial charge on any atom is 0.131 e. The molecule has 0 atom stereocenters. The highest BCUT2D eigenvalue weighted by molar-refractivity contribution is 9.12. The van der Waals surface area contributed by atoms with Crippen molar-refractivity contribution in [2.75, 3.05) is 0 Å². The molecule has 0 bridgehead atoms. The molecule has 0 aromatic heterocycles. The third kappa shape index (κ3) is 2.75. The predicted molar refractivity (Wildman–Crippen MR) is 60.5 cm³/mol. The van der Waals surface area contributed by atoms with Crippen molar-refractivity contribution < 1.29 is 0 Å². The minimum absolute atomic E-state index is 0.554. The molecule has 0 unspecified atom stereocenters. The fourth-order valence-electron chi connectivity index (χ4n) is 0.274. The molecular formula is C3H4S6. The summed E-state index contributed by atoms with van der Waals surface area (Å²) in [6.45, 7) is 0. The summed E-state index contributed by atoms with van der Waals surface area (Å²) < 4.78 is -0.554. The van der Waals surface area contributed by atoms with Gasteiger partial charge >= 0.3 is 0 Å². The number of hydrogen-bond donors (Lipinski definition) is 3. The summed E-state index contributed by atoms with van der Waals surface area (Å²) in [6, 6.07) is 0. The first-order chi connectivity index (χ1) is 4.11. The van der Waals surface area contributed by atoms with Crippen molar-refractivity contribution in [1.82, 2.24) is 0 Å². The van der Waals surface area contributed by atoms with E-state index < -0.39 is 3.41 Å². The van der Waals surface area contributed by atoms with Crippen molar-refractivity contribution in [3.05, 3.63) is 10.3 Å². The Hall–Kier alpha value is 1.84. The van der Waals surface area contributed by atoms with E-state index in [1.807, 2.05) is 5.41 Å². The summed E-state index contributed by atoms with van der Waals surface area (Å²) in [5, 5.41) is 2.02. The molecule has 0 amide bonds. The van der Waals surface area contributed by atoms with Crippen LogP contribution >= 0.6 is 69.3 Å². The average Bonchev–Trinajstić information content (AvgIpc) is 2.08. The van der Waals surface area contributed by atoms with Gasteiger partial charge in [0.2, 0.25) is 0 Å². The van der Waals surface area contributed by atoms with Crippen LogP contribution in [0, 0.1) is 0 Å². The smallest absolute Gasteiger partial charge is 0.131 e. The Balaban J connectivity index is 2.61. The normalized spacial score (nSPS) is 20.1. The zero-order valence-electron chi connectivity index (χ0n) is 4.14. The minimum Gasteiger partial charge on any atom is -0.146 e. The van der Waals surface area contributed by atoms with Gasteiger partial charge < -0.3 is 0 Å². The van der Waals surface area contributed by atoms with E-state index in [2.05, 4.69) is 37.9 Å². The second kappa shape index (κ2) is 3.49. The lowest BCUT2D eigenvalue weighted by molar-refractivity contribution is 1.57. The lowest BCUT2D eigenvalue weighted by Crippen LogP contribution is -2.01. The van der Waals surface area contributed by atoms with Gasteiger partial charge in [-0.15, -0.1) is 37.9 Å². The third-order valence-corrected chi connectivity index (χ3v) is 5.64. The van der Waals surface area contributed by atoms with Gasteiger partial charge in [-0.3, -0.25) is 0 Å². The largest absolute Gasteiger partial charge is 0.146 e. The zero-order chi connectivity index (χ0) is 6.91. The second-order valence-electron chi connectivity index (χ2n) is 1.37. The van der Waals surface area contributed by atoms with Crippen molar-refractivity contribution >= 4 is 69.3 Å². The molecule has 52 valence electrons. The first-order valence-electron chi connectivity index (χ1n) is 1.98. The molecule has 1 aliphatic heterocycles. The Morgan fingerprint density at radius 3 is 2.22 bits per heavy atom. The van der Waals surface area contributed by atoms with Gasteiger partial charge in [0, 0.05) is 4.91 Å². The summed E-state index contributed by atoms with van der Waals surface area (Å²) in [5.41, 5.74) is 0. The van der Waals surface area contributed by atoms with Gasteiger partial charge in [-0.2, -0.15) is 0 Å². The van der Waals surface area contributed by atoms with Gasteiger partial charge in [0.25, 0.3) is 0 Å². The summed E-state index contributed by atoms with van der Waals surface area (Å²) in [4.78, 5) is 1.09. The molecule has 0 aromatic carbocycles. The van der Waals surface area contributed by atoms with Crippen LogP contribution in [-0.4, -0.2) is 3.41 Å². The Bertz CT molecular complexity index is 132. The van der Waals surface area contributed by atoms with Gasteiger partial charge in [0.1, 0.15) is 3.41 Å². The van der Waals surface area contributed by atoms with E-state index >= 15 is 0 Å². The van der Waals surface area contributed by atoms with Crippen molar-refractivity contribution in [1.29, 1.82) is 0 Å². The minimum atomic E-state index is -0.554. The van der Waals surface area contributed by atoms with Crippen molar-refractivity contribution in [2.45, 2.75) is 3.41 Å². The highest BCUT2D eigenvalue weighted by atomic mass is 33.5. The van der Waals surface area contributed by atoms with Gasteiger partial charge in [-0.25, -0.2) is 0 Å². The standard InChI is InChI=1S/C3H4S6/c4-3(5,6)2-1-7-9-8-2/h1,4-6H. The molecule has 0 radical (unpaired) electrons. The lowest BCUT2D eigenvalue weighted by Gasteiger charge is -2.13. The van der Waals surface area contributed by atoms with Crippen LogP contribution in [0.5, 0.6) is 0 Å². The van der Waals surface area contributed by atoms with Crippen LogP contribution in [0.2, 0.25) is 0 Å². The zero-order valence-corrected chi connectivity index (χ0v) is 9.28. The quantitative estimate of drug-likeness (QED) is 0.361. The van der Waals surface area contributed by atoms with Crippen LogP contribution in [0.25, 0.3) is 0 Å². The molecule has 0 nitrogen and oxygen atoms in total. The molecular weight excluding hydrogens is 228 g/mol. The van der Waals surface area contributed by atoms with E-state index in [0.29, 0.717) is 0 Å². The molecule has 9 heavy (non-hydrogen) atoms. The molecule has 0 aromatic rings. The van der Waals surface area contributed by atoms with Crippen molar-refractivity contribution in [3.8, 4) is 0 Å². The molecule has 0 fully saturated rings. The average molecular weight is 232 g/mol. The summed E-state index contributed by atoms with van der Waals surface area (Å²) in [7, 11) is 5.04. The molecule has 0 saturated carbocycles. The van der Waals surface area contributed by atoms with Crippen LogP contribution < -0.4 is 0 Å². The van der Waals surface area contributed by atoms with E-state index in [1.165, 1.54) is 0 Å². The van der Waals surface area contributed by atoms with E-state index in [0.717, 1.165) is 4.91 Å². The Labute approximate surface area is 82.4 Å². The lowest BCUT2D eigenvalue weighted by atomic mass is 10.7. The fraction of sp³-hybridized carbons (Fsp3) is 0.333. The molecule has 0 saturated heterocycles. The SMILES string of the molecule is SC(S)(S)C1=CSSS1. The van der Waals surface area contributed by atoms with Crippen LogP contribution in [0.3, 0.4) is 0 Å². The third-order valence-electron chi connectivity index (χ3n) is 0.649. The molecule has 6 heteroatoms. The molecule has 1 aliphatic rings. The first-order valence-corrected chi connectivity index (χ1v) is 6.87. The number of thiol groups is 3. The van der Waals surface area contributed by atoms with Gasteiger partial charge in [0.05, 0.1) is 0 Å². The van der Waals surface area contributed by atoms with E-state index in [1.54, 1.807) is 31.4 Å². The Morgan fingerprint density at radius 1 is 1.33 bits per heavy atom. The first kappa shape index (κ1) is 8.93. The van der Waals surface area contributed by atoms with Crippen molar-refractivity contribution in [2.24, 2.45) is 0 Å². The van der Waals surface area contributed by atoms with Crippen LogP contribution in [0.1, 0.15) is 0 Å². The van der Waals surface area contributed by atoms with Crippen LogP contribution in [0.4, 0.5) is 0 Å². The van der Waals surface area contributed by atoms with Crippen LogP contribution in [-0.2, 0) is 0 Å². The van der Waals surface area contributed by atoms with E-state index in [4.69, 9.17) is 0 Å². The Kier molecular flexibility index (Phi) is 3.47. The maximum atomic E-state index is 4.16. The number of hydrogen-bond acceptors (Lipinski definition) is 6. The number of rotatable bonds is 1. The monoisotopic (exact) mass is 232 g/mol. The van der Waals surface area contributed by atoms with Gasteiger partial charge in [-0.05, 0) is 26.0 Å². The Morgan fingerprint density at radius 2 is 2.00 bits per heavy atom. The highest BCUT2D eigenvalue weighted by Crippen LogP contribution is 2.55. The fourth-order valence-corrected chi connectivity index (χ4v) is 5.55. The van der Waals surface area contributed by atoms with Crippen molar-refractivity contribution in [3.63, 3.8) is 0 Å². The highest BCUT2D eigenvalue weighted by Gasteiger charge is 2.24. The van der Waals surface area contributed by atoms with Gasteiger partial charge in [-0.1, -0.05) is 10.8 Å². The second-order valence-corrected chi connectivity index (χ2v) is 8.32. The summed E-state index contributed by atoms with van der Waals surface area (Å²) >= 11 is 12.5. The molecule has 0 spiro atoms. The van der Waals surface area contributed by atoms with E-state index in [-0.39, 0.29) is 0 Å². The molecule has 1 heterocycles. The predicted octanol–water partition coefficient (Wildman–Crippen LogP) is 3.31. The molecule has 0 N–H and O–H groups in total. The van der Waals surface area contributed by atoms with Gasteiger partial charge in [0.15, 0.2) is 0 Å². The maximum absolute atomic E-state index is 4.16. The summed E-state index contributed by atoms with van der Waals surface area (Å²) in [5.74, 6) is 0. The van der Waals surface area contributed by atoms with Crippen LogP contribution in [0.15, 0.2) is 10.3 Å². The summed E-state index contributed by atoms with van der Waals surface area (Å²) in [6.07, 6.45) is 0. The molecule has 1 rings (SSSR count). The molecule has 0 aliphatic carbocycles. The topological polar surface area (TPSA) is 0 Å². The van der Waals surface area contributed by atoms with E-state index in [9.17, 15) is 0 Å².